The molecule has 1 aliphatic heterocycles. The van der Waals surface area contributed by atoms with E-state index in [1.165, 1.54) is 0 Å². The maximum atomic E-state index is 13.6. The molecule has 100 valence electrons. The standard InChI is InChI=1S/C12H15F3N2O/c1-2-18-8-4-3-5-17(7-8)12-10(14)6-9(13)11(15)16-12/h6,8H,2-5,7H2,1H3. The Kier molecular flexibility index (Phi) is 4.06. The molecule has 1 atom stereocenters. The first-order valence-electron chi connectivity index (χ1n) is 6.00. The van der Waals surface area contributed by atoms with Gasteiger partial charge in [-0.25, -0.2) is 8.78 Å². The fourth-order valence-electron chi connectivity index (χ4n) is 2.16. The molecule has 0 N–H and O–H groups in total. The number of rotatable bonds is 3. The second kappa shape index (κ2) is 5.56. The molecule has 3 nitrogen and oxygen atoms in total. The highest BCUT2D eigenvalue weighted by Gasteiger charge is 2.24. The summed E-state index contributed by atoms with van der Waals surface area (Å²) in [6.07, 6.45) is 1.68. The Morgan fingerprint density at radius 3 is 2.89 bits per heavy atom. The smallest absolute Gasteiger partial charge is 0.251 e. The second-order valence-corrected chi connectivity index (χ2v) is 4.23. The molecule has 0 amide bonds. The molecule has 6 heteroatoms. The van der Waals surface area contributed by atoms with E-state index in [-0.39, 0.29) is 11.9 Å². The summed E-state index contributed by atoms with van der Waals surface area (Å²) in [5.41, 5.74) is 0. The summed E-state index contributed by atoms with van der Waals surface area (Å²) in [4.78, 5) is 4.94. The summed E-state index contributed by atoms with van der Waals surface area (Å²) in [5.74, 6) is -3.52. The van der Waals surface area contributed by atoms with Crippen LogP contribution in [0.15, 0.2) is 6.07 Å². The number of ether oxygens (including phenoxy) is 1. The highest BCUT2D eigenvalue weighted by Crippen LogP contribution is 2.23. The van der Waals surface area contributed by atoms with Gasteiger partial charge in [0.15, 0.2) is 17.5 Å². The van der Waals surface area contributed by atoms with Gasteiger partial charge in [-0.05, 0) is 19.8 Å². The summed E-state index contributed by atoms with van der Waals surface area (Å²) in [7, 11) is 0. The molecular weight excluding hydrogens is 245 g/mol. The van der Waals surface area contributed by atoms with Crippen LogP contribution >= 0.6 is 0 Å². The Balaban J connectivity index is 2.18. The molecule has 1 fully saturated rings. The molecule has 1 aromatic rings. The molecule has 0 aromatic carbocycles. The molecule has 0 aliphatic carbocycles. The van der Waals surface area contributed by atoms with Crippen LogP contribution in [0.4, 0.5) is 19.0 Å². The number of aromatic nitrogens is 1. The van der Waals surface area contributed by atoms with Gasteiger partial charge >= 0.3 is 0 Å². The fraction of sp³-hybridized carbons (Fsp3) is 0.583. The molecular formula is C12H15F3N2O. The van der Waals surface area contributed by atoms with Gasteiger partial charge in [-0.15, -0.1) is 0 Å². The maximum Gasteiger partial charge on any atom is 0.251 e. The van der Waals surface area contributed by atoms with Gasteiger partial charge in [-0.1, -0.05) is 0 Å². The minimum absolute atomic E-state index is 0.0157. The van der Waals surface area contributed by atoms with Gasteiger partial charge in [0, 0.05) is 25.8 Å². The fourth-order valence-corrected chi connectivity index (χ4v) is 2.16. The van der Waals surface area contributed by atoms with Gasteiger partial charge in [0.05, 0.1) is 6.10 Å². The van der Waals surface area contributed by atoms with E-state index in [1.807, 2.05) is 6.92 Å². The minimum atomic E-state index is -1.27. The van der Waals surface area contributed by atoms with Crippen LogP contribution in [0, 0.1) is 17.6 Å². The van der Waals surface area contributed by atoms with Crippen LogP contribution < -0.4 is 4.90 Å². The van der Waals surface area contributed by atoms with Gasteiger partial charge in [-0.3, -0.25) is 0 Å². The monoisotopic (exact) mass is 260 g/mol. The Labute approximate surface area is 104 Å². The number of halogens is 3. The molecule has 2 rings (SSSR count). The normalized spacial score (nSPS) is 20.2. The van der Waals surface area contributed by atoms with Crippen molar-refractivity contribution in [1.82, 2.24) is 4.98 Å². The zero-order valence-electron chi connectivity index (χ0n) is 10.1. The predicted molar refractivity (Wildman–Crippen MR) is 61.0 cm³/mol. The first kappa shape index (κ1) is 13.1. The number of pyridine rings is 1. The van der Waals surface area contributed by atoms with E-state index in [1.54, 1.807) is 4.90 Å². The maximum absolute atomic E-state index is 13.6. The summed E-state index contributed by atoms with van der Waals surface area (Å²) in [6.45, 7) is 3.48. The van der Waals surface area contributed by atoms with Crippen LogP contribution in [0.5, 0.6) is 0 Å². The molecule has 0 saturated carbocycles. The molecule has 0 spiro atoms. The first-order chi connectivity index (χ1) is 8.61. The largest absolute Gasteiger partial charge is 0.377 e. The van der Waals surface area contributed by atoms with Crippen LogP contribution in [0.3, 0.4) is 0 Å². The quantitative estimate of drug-likeness (QED) is 0.781. The molecule has 1 aromatic heterocycles. The Hall–Kier alpha value is -1.30. The van der Waals surface area contributed by atoms with Crippen molar-refractivity contribution in [3.63, 3.8) is 0 Å². The van der Waals surface area contributed by atoms with Crippen LogP contribution in [-0.4, -0.2) is 30.8 Å². The zero-order valence-corrected chi connectivity index (χ0v) is 10.1. The van der Waals surface area contributed by atoms with Crippen molar-refractivity contribution in [2.24, 2.45) is 0 Å². The van der Waals surface area contributed by atoms with Crippen molar-refractivity contribution >= 4 is 5.82 Å². The lowest BCUT2D eigenvalue weighted by Crippen LogP contribution is -2.40. The Morgan fingerprint density at radius 2 is 2.17 bits per heavy atom. The van der Waals surface area contributed by atoms with Crippen molar-refractivity contribution in [1.29, 1.82) is 0 Å². The predicted octanol–water partition coefficient (Wildman–Crippen LogP) is 2.50. The van der Waals surface area contributed by atoms with Crippen molar-refractivity contribution in [3.05, 3.63) is 23.6 Å². The molecule has 0 radical (unpaired) electrons. The highest BCUT2D eigenvalue weighted by atomic mass is 19.2. The lowest BCUT2D eigenvalue weighted by Gasteiger charge is -2.33. The summed E-state index contributed by atoms with van der Waals surface area (Å²) in [6, 6.07) is 0.530. The second-order valence-electron chi connectivity index (χ2n) is 4.23. The number of hydrogen-bond acceptors (Lipinski definition) is 3. The van der Waals surface area contributed by atoms with E-state index in [4.69, 9.17) is 4.74 Å². The lowest BCUT2D eigenvalue weighted by molar-refractivity contribution is 0.0523. The third-order valence-corrected chi connectivity index (χ3v) is 2.95. The van der Waals surface area contributed by atoms with Crippen LogP contribution in [0.25, 0.3) is 0 Å². The average molecular weight is 260 g/mol. The number of anilines is 1. The first-order valence-corrected chi connectivity index (χ1v) is 6.00. The van der Waals surface area contributed by atoms with Gasteiger partial charge in [0.25, 0.3) is 5.95 Å². The third kappa shape index (κ3) is 2.75. The molecule has 18 heavy (non-hydrogen) atoms. The van der Waals surface area contributed by atoms with E-state index >= 15 is 0 Å². The SMILES string of the molecule is CCOC1CCCN(c2nc(F)c(F)cc2F)C1. The van der Waals surface area contributed by atoms with E-state index in [9.17, 15) is 13.2 Å². The van der Waals surface area contributed by atoms with Crippen molar-refractivity contribution in [3.8, 4) is 0 Å². The highest BCUT2D eigenvalue weighted by molar-refractivity contribution is 5.40. The molecule has 1 unspecified atom stereocenters. The van der Waals surface area contributed by atoms with Gasteiger partial charge in [-0.2, -0.15) is 9.37 Å². The summed E-state index contributed by atoms with van der Waals surface area (Å²) >= 11 is 0. The zero-order chi connectivity index (χ0) is 13.1. The van der Waals surface area contributed by atoms with E-state index in [0.717, 1.165) is 12.8 Å². The van der Waals surface area contributed by atoms with Gasteiger partial charge in [0.1, 0.15) is 0 Å². The Morgan fingerprint density at radius 1 is 1.39 bits per heavy atom. The average Bonchev–Trinajstić information content (AvgIpc) is 2.34. The minimum Gasteiger partial charge on any atom is -0.377 e. The van der Waals surface area contributed by atoms with Gasteiger partial charge in [0.2, 0.25) is 0 Å². The van der Waals surface area contributed by atoms with Crippen LogP contribution in [0.1, 0.15) is 19.8 Å². The van der Waals surface area contributed by atoms with Crippen molar-refractivity contribution in [2.75, 3.05) is 24.6 Å². The van der Waals surface area contributed by atoms with E-state index in [0.29, 0.717) is 25.8 Å². The van der Waals surface area contributed by atoms with E-state index < -0.39 is 17.6 Å². The third-order valence-electron chi connectivity index (χ3n) is 2.95. The van der Waals surface area contributed by atoms with Crippen molar-refractivity contribution < 1.29 is 17.9 Å². The molecule has 2 heterocycles. The summed E-state index contributed by atoms with van der Waals surface area (Å²) in [5, 5.41) is 0. The molecule has 0 bridgehead atoms. The van der Waals surface area contributed by atoms with E-state index in [2.05, 4.69) is 4.98 Å². The topological polar surface area (TPSA) is 25.4 Å². The summed E-state index contributed by atoms with van der Waals surface area (Å²) < 4.78 is 44.9. The number of nitrogens with zero attached hydrogens (tertiary/aromatic N) is 2. The Bertz CT molecular complexity index is 426. The molecule has 1 aliphatic rings. The number of piperidine rings is 1. The van der Waals surface area contributed by atoms with Crippen LogP contribution in [-0.2, 0) is 4.74 Å². The van der Waals surface area contributed by atoms with Crippen LogP contribution in [0.2, 0.25) is 0 Å². The lowest BCUT2D eigenvalue weighted by atomic mass is 10.1. The molecule has 1 saturated heterocycles. The van der Waals surface area contributed by atoms with Gasteiger partial charge < -0.3 is 9.64 Å². The van der Waals surface area contributed by atoms with Crippen molar-refractivity contribution in [2.45, 2.75) is 25.9 Å². The number of hydrogen-bond donors (Lipinski definition) is 0.